The molecule has 4 heteroatoms. The van der Waals surface area contributed by atoms with E-state index in [0.717, 1.165) is 12.0 Å². The van der Waals surface area contributed by atoms with Crippen LogP contribution in [-0.4, -0.2) is 27.7 Å². The van der Waals surface area contributed by atoms with Gasteiger partial charge in [0, 0.05) is 18.9 Å². The molecule has 0 aromatic carbocycles. The van der Waals surface area contributed by atoms with E-state index in [1.54, 1.807) is 12.4 Å². The summed E-state index contributed by atoms with van der Waals surface area (Å²) in [5.41, 5.74) is 1.04. The Morgan fingerprint density at radius 1 is 1.33 bits per heavy atom. The SMILES string of the molecule is Cc1cnc(NCCC(O)C(C)C)nc1. The Morgan fingerprint density at radius 3 is 2.47 bits per heavy atom. The number of aliphatic hydroxyl groups excluding tert-OH is 1. The number of hydrogen-bond acceptors (Lipinski definition) is 4. The van der Waals surface area contributed by atoms with Gasteiger partial charge in [0.25, 0.3) is 0 Å². The first kappa shape index (κ1) is 11.9. The number of nitrogens with one attached hydrogen (secondary N) is 1. The summed E-state index contributed by atoms with van der Waals surface area (Å²) in [4.78, 5) is 8.23. The minimum atomic E-state index is -0.261. The third-order valence-corrected chi connectivity index (χ3v) is 2.27. The monoisotopic (exact) mass is 209 g/mol. The third-order valence-electron chi connectivity index (χ3n) is 2.27. The number of anilines is 1. The van der Waals surface area contributed by atoms with E-state index in [1.807, 2.05) is 20.8 Å². The lowest BCUT2D eigenvalue weighted by Gasteiger charge is -2.14. The Hall–Kier alpha value is -1.16. The van der Waals surface area contributed by atoms with Gasteiger partial charge in [0.15, 0.2) is 0 Å². The van der Waals surface area contributed by atoms with Gasteiger partial charge in [-0.05, 0) is 24.8 Å². The van der Waals surface area contributed by atoms with Gasteiger partial charge in [0.05, 0.1) is 6.10 Å². The molecule has 2 N–H and O–H groups in total. The van der Waals surface area contributed by atoms with Gasteiger partial charge >= 0.3 is 0 Å². The van der Waals surface area contributed by atoms with Crippen LogP contribution in [0.15, 0.2) is 12.4 Å². The van der Waals surface area contributed by atoms with Crippen LogP contribution in [0.3, 0.4) is 0 Å². The predicted molar refractivity (Wildman–Crippen MR) is 60.7 cm³/mol. The lowest BCUT2D eigenvalue weighted by atomic mass is 10.0. The van der Waals surface area contributed by atoms with Crippen LogP contribution < -0.4 is 5.32 Å². The normalized spacial score (nSPS) is 12.9. The number of nitrogens with zero attached hydrogens (tertiary/aromatic N) is 2. The first-order valence-electron chi connectivity index (χ1n) is 5.30. The van der Waals surface area contributed by atoms with Gasteiger partial charge in [0.2, 0.25) is 5.95 Å². The molecular formula is C11H19N3O. The minimum absolute atomic E-state index is 0.261. The summed E-state index contributed by atoms with van der Waals surface area (Å²) < 4.78 is 0. The number of aromatic nitrogens is 2. The van der Waals surface area contributed by atoms with Crippen molar-refractivity contribution in [2.24, 2.45) is 5.92 Å². The summed E-state index contributed by atoms with van der Waals surface area (Å²) in [6, 6.07) is 0. The van der Waals surface area contributed by atoms with Gasteiger partial charge in [-0.25, -0.2) is 9.97 Å². The molecule has 1 aromatic rings. The summed E-state index contributed by atoms with van der Waals surface area (Å²) >= 11 is 0. The predicted octanol–water partition coefficient (Wildman–Crippen LogP) is 1.60. The molecule has 0 fully saturated rings. The van der Waals surface area contributed by atoms with Crippen LogP contribution in [0.4, 0.5) is 5.95 Å². The van der Waals surface area contributed by atoms with Crippen molar-refractivity contribution >= 4 is 5.95 Å². The average Bonchev–Trinajstić information content (AvgIpc) is 2.20. The molecule has 1 unspecified atom stereocenters. The summed E-state index contributed by atoms with van der Waals surface area (Å²) in [5, 5.41) is 12.6. The van der Waals surface area contributed by atoms with Gasteiger partial charge in [0.1, 0.15) is 0 Å². The van der Waals surface area contributed by atoms with Crippen molar-refractivity contribution in [3.63, 3.8) is 0 Å². The number of hydrogen-bond donors (Lipinski definition) is 2. The Balaban J connectivity index is 2.29. The fourth-order valence-electron chi connectivity index (χ4n) is 1.15. The maximum absolute atomic E-state index is 9.57. The van der Waals surface area contributed by atoms with E-state index < -0.39 is 0 Å². The van der Waals surface area contributed by atoms with Crippen molar-refractivity contribution < 1.29 is 5.11 Å². The van der Waals surface area contributed by atoms with Crippen LogP contribution in [0.5, 0.6) is 0 Å². The van der Waals surface area contributed by atoms with Crippen molar-refractivity contribution in [2.75, 3.05) is 11.9 Å². The molecular weight excluding hydrogens is 190 g/mol. The van der Waals surface area contributed by atoms with Crippen LogP contribution in [0.25, 0.3) is 0 Å². The largest absolute Gasteiger partial charge is 0.393 e. The lowest BCUT2D eigenvalue weighted by molar-refractivity contribution is 0.120. The van der Waals surface area contributed by atoms with Crippen molar-refractivity contribution in [1.82, 2.24) is 9.97 Å². The molecule has 0 amide bonds. The van der Waals surface area contributed by atoms with Gasteiger partial charge < -0.3 is 10.4 Å². The average molecular weight is 209 g/mol. The molecule has 1 rings (SSSR count). The summed E-state index contributed by atoms with van der Waals surface area (Å²) in [7, 11) is 0. The molecule has 0 spiro atoms. The molecule has 0 aliphatic carbocycles. The fourth-order valence-corrected chi connectivity index (χ4v) is 1.15. The summed E-state index contributed by atoms with van der Waals surface area (Å²) in [6.45, 7) is 6.66. The molecule has 15 heavy (non-hydrogen) atoms. The van der Waals surface area contributed by atoms with E-state index in [0.29, 0.717) is 18.4 Å². The van der Waals surface area contributed by atoms with Crippen LogP contribution in [0.1, 0.15) is 25.8 Å². The molecule has 1 heterocycles. The minimum Gasteiger partial charge on any atom is -0.393 e. The van der Waals surface area contributed by atoms with Crippen LogP contribution in [-0.2, 0) is 0 Å². The molecule has 0 aliphatic heterocycles. The van der Waals surface area contributed by atoms with Crippen LogP contribution >= 0.6 is 0 Å². The molecule has 4 nitrogen and oxygen atoms in total. The maximum Gasteiger partial charge on any atom is 0.222 e. The third kappa shape index (κ3) is 4.25. The zero-order valence-electron chi connectivity index (χ0n) is 9.57. The molecule has 0 saturated carbocycles. The topological polar surface area (TPSA) is 58.0 Å². The molecule has 1 aromatic heterocycles. The molecule has 0 radical (unpaired) electrons. The van der Waals surface area contributed by atoms with Crippen molar-refractivity contribution in [1.29, 1.82) is 0 Å². The lowest BCUT2D eigenvalue weighted by Crippen LogP contribution is -2.19. The molecule has 1 atom stereocenters. The second-order valence-electron chi connectivity index (χ2n) is 4.11. The highest BCUT2D eigenvalue weighted by atomic mass is 16.3. The van der Waals surface area contributed by atoms with E-state index in [-0.39, 0.29) is 6.10 Å². The Bertz CT molecular complexity index is 284. The van der Waals surface area contributed by atoms with E-state index >= 15 is 0 Å². The van der Waals surface area contributed by atoms with Crippen molar-refractivity contribution in [3.8, 4) is 0 Å². The molecule has 84 valence electrons. The summed E-state index contributed by atoms with van der Waals surface area (Å²) in [6.07, 6.45) is 4.00. The molecule has 0 saturated heterocycles. The Kier molecular flexibility index (Phi) is 4.49. The van der Waals surface area contributed by atoms with E-state index in [2.05, 4.69) is 15.3 Å². The van der Waals surface area contributed by atoms with Gasteiger partial charge in [-0.2, -0.15) is 0 Å². The maximum atomic E-state index is 9.57. The zero-order valence-corrected chi connectivity index (χ0v) is 9.57. The molecule has 0 aliphatic rings. The standard InChI is InChI=1S/C11H19N3O/c1-8(2)10(15)4-5-12-11-13-6-9(3)7-14-11/h6-8,10,15H,4-5H2,1-3H3,(H,12,13,14). The highest BCUT2D eigenvalue weighted by Crippen LogP contribution is 2.06. The second kappa shape index (κ2) is 5.66. The fraction of sp³-hybridized carbons (Fsp3) is 0.636. The highest BCUT2D eigenvalue weighted by Gasteiger charge is 2.08. The van der Waals surface area contributed by atoms with Crippen LogP contribution in [0.2, 0.25) is 0 Å². The van der Waals surface area contributed by atoms with Crippen LogP contribution in [0, 0.1) is 12.8 Å². The number of aryl methyl sites for hydroxylation is 1. The zero-order chi connectivity index (χ0) is 11.3. The first-order chi connectivity index (χ1) is 7.09. The highest BCUT2D eigenvalue weighted by molar-refractivity contribution is 5.23. The number of rotatable bonds is 5. The smallest absolute Gasteiger partial charge is 0.222 e. The van der Waals surface area contributed by atoms with Gasteiger partial charge in [-0.15, -0.1) is 0 Å². The Morgan fingerprint density at radius 2 is 1.93 bits per heavy atom. The van der Waals surface area contributed by atoms with Gasteiger partial charge in [-0.3, -0.25) is 0 Å². The quantitative estimate of drug-likeness (QED) is 0.773. The van der Waals surface area contributed by atoms with E-state index in [1.165, 1.54) is 0 Å². The van der Waals surface area contributed by atoms with E-state index in [9.17, 15) is 5.11 Å². The van der Waals surface area contributed by atoms with Gasteiger partial charge in [-0.1, -0.05) is 13.8 Å². The van der Waals surface area contributed by atoms with E-state index in [4.69, 9.17) is 0 Å². The second-order valence-corrected chi connectivity index (χ2v) is 4.11. The van der Waals surface area contributed by atoms with Crippen molar-refractivity contribution in [3.05, 3.63) is 18.0 Å². The molecule has 0 bridgehead atoms. The van der Waals surface area contributed by atoms with Crippen molar-refractivity contribution in [2.45, 2.75) is 33.3 Å². The first-order valence-corrected chi connectivity index (χ1v) is 5.30. The number of aliphatic hydroxyl groups is 1. The Labute approximate surface area is 90.8 Å². The summed E-state index contributed by atoms with van der Waals surface area (Å²) in [5.74, 6) is 0.919.